The zero-order valence-corrected chi connectivity index (χ0v) is 13.1. The first-order valence-electron chi connectivity index (χ1n) is 5.52. The molecule has 0 aliphatic rings. The van der Waals surface area contributed by atoms with Gasteiger partial charge in [0.1, 0.15) is 5.75 Å². The molecular formula is C13H11BrCl2N2O. The Morgan fingerprint density at radius 2 is 2.05 bits per heavy atom. The lowest BCUT2D eigenvalue weighted by Crippen LogP contribution is -2.07. The number of hydrogen-bond donors (Lipinski definition) is 1. The van der Waals surface area contributed by atoms with Gasteiger partial charge in [0.25, 0.3) is 0 Å². The molecule has 0 radical (unpaired) electrons. The fourth-order valence-corrected chi connectivity index (χ4v) is 2.35. The number of hydrogen-bond acceptors (Lipinski definition) is 3. The largest absolute Gasteiger partial charge is 0.437 e. The third-order valence-electron chi connectivity index (χ3n) is 2.47. The zero-order chi connectivity index (χ0) is 14.0. The van der Waals surface area contributed by atoms with Crippen LogP contribution in [-0.4, -0.2) is 4.98 Å². The number of nitrogens with two attached hydrogens (primary N) is 1. The zero-order valence-electron chi connectivity index (χ0n) is 10.0. The molecule has 6 heteroatoms. The molecule has 0 spiro atoms. The van der Waals surface area contributed by atoms with Crippen LogP contribution >= 0.6 is 39.1 Å². The lowest BCUT2D eigenvalue weighted by atomic mass is 10.1. The van der Waals surface area contributed by atoms with E-state index in [4.69, 9.17) is 33.7 Å². The van der Waals surface area contributed by atoms with E-state index >= 15 is 0 Å². The quantitative estimate of drug-likeness (QED) is 0.785. The summed E-state index contributed by atoms with van der Waals surface area (Å²) in [6.45, 7) is 1.86. The van der Waals surface area contributed by atoms with Crippen molar-refractivity contribution >= 4 is 39.1 Å². The highest BCUT2D eigenvalue weighted by atomic mass is 79.9. The van der Waals surface area contributed by atoms with E-state index in [0.29, 0.717) is 26.1 Å². The van der Waals surface area contributed by atoms with Crippen molar-refractivity contribution in [3.63, 3.8) is 0 Å². The first-order chi connectivity index (χ1) is 8.99. The lowest BCUT2D eigenvalue weighted by molar-refractivity contribution is 0.452. The third kappa shape index (κ3) is 3.39. The Morgan fingerprint density at radius 1 is 1.32 bits per heavy atom. The van der Waals surface area contributed by atoms with Crippen LogP contribution in [0.3, 0.4) is 0 Å². The summed E-state index contributed by atoms with van der Waals surface area (Å²) in [6, 6.07) is 6.79. The second-order valence-corrected chi connectivity index (χ2v) is 5.65. The van der Waals surface area contributed by atoms with Gasteiger partial charge in [-0.05, 0) is 35.0 Å². The molecule has 2 N–H and O–H groups in total. The Bertz CT molecular complexity index is 605. The summed E-state index contributed by atoms with van der Waals surface area (Å²) in [7, 11) is 0. The molecule has 0 aliphatic heterocycles. The number of aromatic nitrogens is 1. The Morgan fingerprint density at radius 3 is 2.74 bits per heavy atom. The molecule has 0 bridgehead atoms. The van der Waals surface area contributed by atoms with Crippen LogP contribution in [0.1, 0.15) is 18.5 Å². The molecule has 1 aromatic heterocycles. The molecule has 100 valence electrons. The standard InChI is InChI=1S/C13H11BrCl2N2O/c1-7(17)8-3-2-4-18-13(8)19-12-6-10(15)9(14)5-11(12)16/h2-7H,17H2,1H3. The molecule has 0 saturated heterocycles. The molecule has 0 fully saturated rings. The van der Waals surface area contributed by atoms with Crippen LogP contribution in [0, 0.1) is 0 Å². The van der Waals surface area contributed by atoms with Crippen molar-refractivity contribution in [1.82, 2.24) is 4.98 Å². The van der Waals surface area contributed by atoms with Crippen LogP contribution in [0.2, 0.25) is 10.0 Å². The highest BCUT2D eigenvalue weighted by molar-refractivity contribution is 9.10. The highest BCUT2D eigenvalue weighted by Crippen LogP contribution is 2.37. The van der Waals surface area contributed by atoms with Gasteiger partial charge in [-0.25, -0.2) is 4.98 Å². The molecule has 0 saturated carbocycles. The average molecular weight is 362 g/mol. The van der Waals surface area contributed by atoms with E-state index in [1.54, 1.807) is 18.3 Å². The van der Waals surface area contributed by atoms with Crippen LogP contribution in [0.4, 0.5) is 0 Å². The normalized spacial score (nSPS) is 12.3. The maximum atomic E-state index is 6.11. The summed E-state index contributed by atoms with van der Waals surface area (Å²) in [5, 5.41) is 0.954. The molecular weight excluding hydrogens is 351 g/mol. The van der Waals surface area contributed by atoms with Crippen LogP contribution in [0.25, 0.3) is 0 Å². The van der Waals surface area contributed by atoms with Gasteiger partial charge in [0, 0.05) is 28.3 Å². The van der Waals surface area contributed by atoms with Crippen molar-refractivity contribution in [3.8, 4) is 11.6 Å². The molecule has 1 heterocycles. The molecule has 3 nitrogen and oxygen atoms in total. The first kappa shape index (κ1) is 14.6. The second-order valence-electron chi connectivity index (χ2n) is 3.99. The molecule has 0 aliphatic carbocycles. The van der Waals surface area contributed by atoms with E-state index < -0.39 is 0 Å². The lowest BCUT2D eigenvalue weighted by Gasteiger charge is -2.13. The van der Waals surface area contributed by atoms with Crippen LogP contribution in [0.5, 0.6) is 11.6 Å². The molecule has 1 unspecified atom stereocenters. The first-order valence-corrected chi connectivity index (χ1v) is 7.07. The van der Waals surface area contributed by atoms with E-state index in [0.717, 1.165) is 5.56 Å². The van der Waals surface area contributed by atoms with Gasteiger partial charge in [-0.2, -0.15) is 0 Å². The molecule has 2 rings (SSSR count). The molecule has 1 atom stereocenters. The number of rotatable bonds is 3. The Hall–Kier alpha value is -0.810. The molecule has 1 aromatic carbocycles. The topological polar surface area (TPSA) is 48.1 Å². The Kier molecular flexibility index (Phi) is 4.68. The van der Waals surface area contributed by atoms with Gasteiger partial charge in [-0.3, -0.25) is 0 Å². The van der Waals surface area contributed by atoms with Gasteiger partial charge in [-0.15, -0.1) is 0 Å². The van der Waals surface area contributed by atoms with Crippen LogP contribution in [0.15, 0.2) is 34.9 Å². The van der Waals surface area contributed by atoms with Gasteiger partial charge < -0.3 is 10.5 Å². The number of pyridine rings is 1. The second kappa shape index (κ2) is 6.09. The number of nitrogens with zero attached hydrogens (tertiary/aromatic N) is 1. The Balaban J connectivity index is 2.39. The minimum Gasteiger partial charge on any atom is -0.437 e. The minimum atomic E-state index is -0.187. The SMILES string of the molecule is CC(N)c1cccnc1Oc1cc(Cl)c(Br)cc1Cl. The van der Waals surface area contributed by atoms with Crippen molar-refractivity contribution in [3.05, 3.63) is 50.5 Å². The van der Waals surface area contributed by atoms with Gasteiger partial charge in [-0.1, -0.05) is 29.3 Å². The molecule has 2 aromatic rings. The summed E-state index contributed by atoms with van der Waals surface area (Å²) in [5.74, 6) is 0.869. The van der Waals surface area contributed by atoms with Crippen molar-refractivity contribution in [2.45, 2.75) is 13.0 Å². The van der Waals surface area contributed by atoms with E-state index in [9.17, 15) is 0 Å². The van der Waals surface area contributed by atoms with E-state index in [1.165, 1.54) is 0 Å². The highest BCUT2D eigenvalue weighted by Gasteiger charge is 2.13. The van der Waals surface area contributed by atoms with Gasteiger partial charge in [0.15, 0.2) is 0 Å². The Labute approximate surface area is 129 Å². The van der Waals surface area contributed by atoms with Crippen molar-refractivity contribution < 1.29 is 4.74 Å². The van der Waals surface area contributed by atoms with E-state index in [1.807, 2.05) is 19.1 Å². The van der Waals surface area contributed by atoms with E-state index in [2.05, 4.69) is 20.9 Å². The van der Waals surface area contributed by atoms with Gasteiger partial charge >= 0.3 is 0 Å². The number of ether oxygens (including phenoxy) is 1. The van der Waals surface area contributed by atoms with Crippen LogP contribution in [-0.2, 0) is 0 Å². The maximum absolute atomic E-state index is 6.11. The predicted octanol–water partition coefficient (Wildman–Crippen LogP) is 4.96. The van der Waals surface area contributed by atoms with Crippen LogP contribution < -0.4 is 10.5 Å². The summed E-state index contributed by atoms with van der Waals surface area (Å²) >= 11 is 15.4. The van der Waals surface area contributed by atoms with Crippen molar-refractivity contribution in [2.75, 3.05) is 0 Å². The predicted molar refractivity (Wildman–Crippen MR) is 81.1 cm³/mol. The maximum Gasteiger partial charge on any atom is 0.224 e. The smallest absolute Gasteiger partial charge is 0.224 e. The van der Waals surface area contributed by atoms with Gasteiger partial charge in [0.2, 0.25) is 5.88 Å². The molecule has 0 amide bonds. The summed E-state index contributed by atoms with van der Waals surface area (Å²) < 4.78 is 6.42. The molecule has 19 heavy (non-hydrogen) atoms. The summed E-state index contributed by atoms with van der Waals surface area (Å²) in [6.07, 6.45) is 1.63. The minimum absolute atomic E-state index is 0.187. The van der Waals surface area contributed by atoms with Gasteiger partial charge in [0.05, 0.1) is 10.0 Å². The van der Waals surface area contributed by atoms with E-state index in [-0.39, 0.29) is 6.04 Å². The summed E-state index contributed by atoms with van der Waals surface area (Å²) in [5.41, 5.74) is 6.68. The summed E-state index contributed by atoms with van der Waals surface area (Å²) in [4.78, 5) is 4.17. The monoisotopic (exact) mass is 360 g/mol. The fraction of sp³-hybridized carbons (Fsp3) is 0.154. The number of halogens is 3. The fourth-order valence-electron chi connectivity index (χ4n) is 1.52. The number of benzene rings is 1. The van der Waals surface area contributed by atoms with Crippen molar-refractivity contribution in [2.24, 2.45) is 5.73 Å². The van der Waals surface area contributed by atoms with Crippen molar-refractivity contribution in [1.29, 1.82) is 0 Å². The third-order valence-corrected chi connectivity index (χ3v) is 3.97. The average Bonchev–Trinajstić information content (AvgIpc) is 2.36.